The Kier molecular flexibility index (Phi) is 2.47. The Morgan fingerprint density at radius 2 is 2.27 bits per heavy atom. The van der Waals surface area contributed by atoms with Crippen molar-refractivity contribution in [1.82, 2.24) is 4.98 Å². The van der Waals surface area contributed by atoms with Crippen LogP contribution in [0, 0.1) is 0 Å². The van der Waals surface area contributed by atoms with Gasteiger partial charge in [-0.3, -0.25) is 0 Å². The third-order valence-corrected chi connectivity index (χ3v) is 2.46. The lowest BCUT2D eigenvalue weighted by Gasteiger charge is -1.98. The molecule has 0 aliphatic carbocycles. The first kappa shape index (κ1) is 9.80. The first-order valence-corrected chi connectivity index (χ1v) is 4.79. The second-order valence-electron chi connectivity index (χ2n) is 3.44. The minimum Gasteiger partial charge on any atom is -0.497 e. The summed E-state index contributed by atoms with van der Waals surface area (Å²) in [6.07, 6.45) is 0. The summed E-state index contributed by atoms with van der Waals surface area (Å²) in [4.78, 5) is 3.26. The third-order valence-electron chi connectivity index (χ3n) is 2.46. The Morgan fingerprint density at radius 3 is 2.93 bits per heavy atom. The molecule has 3 nitrogen and oxygen atoms in total. The predicted octanol–water partition coefficient (Wildman–Crippen LogP) is 2.15. The van der Waals surface area contributed by atoms with Crippen molar-refractivity contribution in [1.29, 1.82) is 0 Å². The number of H-pyrrole nitrogens is 1. The zero-order valence-corrected chi connectivity index (χ0v) is 8.71. The molecule has 2 rings (SSSR count). The van der Waals surface area contributed by atoms with Gasteiger partial charge in [-0.05, 0) is 23.8 Å². The molecule has 78 valence electrons. The highest BCUT2D eigenvalue weighted by atomic mass is 16.5. The summed E-state index contributed by atoms with van der Waals surface area (Å²) in [5, 5.41) is 1.14. The highest BCUT2D eigenvalue weighted by molar-refractivity contribution is 5.85. The van der Waals surface area contributed by atoms with Crippen LogP contribution in [0.25, 0.3) is 16.5 Å². The van der Waals surface area contributed by atoms with Crippen molar-refractivity contribution >= 4 is 16.5 Å². The molecule has 1 heterocycles. The largest absolute Gasteiger partial charge is 0.497 e. The monoisotopic (exact) mass is 202 g/mol. The van der Waals surface area contributed by atoms with E-state index in [1.165, 1.54) is 0 Å². The van der Waals surface area contributed by atoms with Crippen LogP contribution in [0.1, 0.15) is 5.69 Å². The Hall–Kier alpha value is -1.74. The van der Waals surface area contributed by atoms with Crippen LogP contribution >= 0.6 is 0 Å². The van der Waals surface area contributed by atoms with Crippen molar-refractivity contribution in [3.8, 4) is 5.75 Å². The number of methoxy groups -OCH3 is 1. The highest BCUT2D eigenvalue weighted by Gasteiger charge is 2.03. The highest BCUT2D eigenvalue weighted by Crippen LogP contribution is 2.23. The number of aromatic amines is 1. The van der Waals surface area contributed by atoms with Crippen molar-refractivity contribution in [2.75, 3.05) is 13.7 Å². The van der Waals surface area contributed by atoms with Crippen LogP contribution in [-0.4, -0.2) is 18.6 Å². The topological polar surface area (TPSA) is 51.0 Å². The van der Waals surface area contributed by atoms with Crippen molar-refractivity contribution < 1.29 is 4.74 Å². The van der Waals surface area contributed by atoms with E-state index in [0.29, 0.717) is 6.54 Å². The normalized spacial score (nSPS) is 10.5. The van der Waals surface area contributed by atoms with E-state index in [-0.39, 0.29) is 0 Å². The number of hydrogen-bond donors (Lipinski definition) is 2. The van der Waals surface area contributed by atoms with E-state index >= 15 is 0 Å². The van der Waals surface area contributed by atoms with Gasteiger partial charge in [-0.15, -0.1) is 0 Å². The lowest BCUT2D eigenvalue weighted by Crippen LogP contribution is -2.00. The summed E-state index contributed by atoms with van der Waals surface area (Å²) in [5.41, 5.74) is 8.47. The Bertz CT molecular complexity index is 499. The number of fused-ring (bicyclic) bond motifs is 1. The van der Waals surface area contributed by atoms with Crippen LogP contribution in [-0.2, 0) is 0 Å². The van der Waals surface area contributed by atoms with Gasteiger partial charge in [-0.2, -0.15) is 0 Å². The van der Waals surface area contributed by atoms with Gasteiger partial charge >= 0.3 is 0 Å². The maximum Gasteiger partial charge on any atom is 0.120 e. The van der Waals surface area contributed by atoms with Crippen LogP contribution in [0.5, 0.6) is 5.75 Å². The fourth-order valence-electron chi connectivity index (χ4n) is 1.53. The second-order valence-corrected chi connectivity index (χ2v) is 3.44. The molecule has 15 heavy (non-hydrogen) atoms. The molecule has 0 bridgehead atoms. The van der Waals surface area contributed by atoms with Gasteiger partial charge in [-0.1, -0.05) is 6.58 Å². The molecule has 3 heteroatoms. The Morgan fingerprint density at radius 1 is 1.47 bits per heavy atom. The maximum absolute atomic E-state index is 5.54. The molecule has 0 fully saturated rings. The standard InChI is InChI=1S/C12H14N2O/c1-8(7-13)11-5-9-3-4-10(15-2)6-12(9)14-11/h3-6,14H,1,7,13H2,2H3. The number of nitrogens with one attached hydrogen (secondary N) is 1. The van der Waals surface area contributed by atoms with E-state index in [1.54, 1.807) is 7.11 Å². The summed E-state index contributed by atoms with van der Waals surface area (Å²) in [6.45, 7) is 4.36. The molecule has 1 aromatic heterocycles. The number of ether oxygens (including phenoxy) is 1. The lowest BCUT2D eigenvalue weighted by molar-refractivity contribution is 0.415. The minimum absolute atomic E-state index is 0.462. The number of nitrogens with two attached hydrogens (primary N) is 1. The first-order chi connectivity index (χ1) is 7.24. The van der Waals surface area contributed by atoms with E-state index in [2.05, 4.69) is 11.6 Å². The summed E-state index contributed by atoms with van der Waals surface area (Å²) >= 11 is 0. The smallest absolute Gasteiger partial charge is 0.120 e. The van der Waals surface area contributed by atoms with Gasteiger partial charge in [-0.25, -0.2) is 0 Å². The number of rotatable bonds is 3. The zero-order chi connectivity index (χ0) is 10.8. The molecule has 1 aromatic carbocycles. The van der Waals surface area contributed by atoms with Crippen molar-refractivity contribution in [2.45, 2.75) is 0 Å². The molecule has 0 radical (unpaired) electrons. The zero-order valence-electron chi connectivity index (χ0n) is 8.71. The van der Waals surface area contributed by atoms with Gasteiger partial charge < -0.3 is 15.5 Å². The lowest BCUT2D eigenvalue weighted by atomic mass is 10.2. The first-order valence-electron chi connectivity index (χ1n) is 4.79. The maximum atomic E-state index is 5.54. The fraction of sp³-hybridized carbons (Fsp3) is 0.167. The predicted molar refractivity (Wildman–Crippen MR) is 62.9 cm³/mol. The van der Waals surface area contributed by atoms with Gasteiger partial charge in [0.25, 0.3) is 0 Å². The molecular formula is C12H14N2O. The molecule has 0 saturated carbocycles. The second kappa shape index (κ2) is 3.79. The number of aromatic nitrogens is 1. The van der Waals surface area contributed by atoms with E-state index in [0.717, 1.165) is 27.9 Å². The quantitative estimate of drug-likeness (QED) is 0.801. The Labute approximate surface area is 88.5 Å². The van der Waals surface area contributed by atoms with Gasteiger partial charge in [0.05, 0.1) is 7.11 Å². The molecule has 0 saturated heterocycles. The fourth-order valence-corrected chi connectivity index (χ4v) is 1.53. The van der Waals surface area contributed by atoms with E-state index in [4.69, 9.17) is 10.5 Å². The number of benzene rings is 1. The van der Waals surface area contributed by atoms with Crippen LogP contribution in [0.3, 0.4) is 0 Å². The third kappa shape index (κ3) is 1.74. The minimum atomic E-state index is 0.462. The van der Waals surface area contributed by atoms with Crippen LogP contribution in [0.2, 0.25) is 0 Å². The van der Waals surface area contributed by atoms with Gasteiger partial charge in [0.1, 0.15) is 5.75 Å². The molecule has 2 aromatic rings. The molecule has 0 spiro atoms. The summed E-state index contributed by atoms with van der Waals surface area (Å²) in [6, 6.07) is 7.95. The van der Waals surface area contributed by atoms with Gasteiger partial charge in [0.2, 0.25) is 0 Å². The molecule has 0 aliphatic heterocycles. The Balaban J connectivity index is 2.51. The average molecular weight is 202 g/mol. The van der Waals surface area contributed by atoms with Crippen LogP contribution in [0.15, 0.2) is 30.8 Å². The van der Waals surface area contributed by atoms with E-state index < -0.39 is 0 Å². The van der Waals surface area contributed by atoms with Crippen LogP contribution < -0.4 is 10.5 Å². The van der Waals surface area contributed by atoms with Crippen molar-refractivity contribution in [3.05, 3.63) is 36.5 Å². The van der Waals surface area contributed by atoms with Crippen molar-refractivity contribution in [3.63, 3.8) is 0 Å². The van der Waals surface area contributed by atoms with Crippen LogP contribution in [0.4, 0.5) is 0 Å². The van der Waals surface area contributed by atoms with E-state index in [1.807, 2.05) is 24.3 Å². The summed E-state index contributed by atoms with van der Waals surface area (Å²) in [5.74, 6) is 0.842. The van der Waals surface area contributed by atoms with E-state index in [9.17, 15) is 0 Å². The van der Waals surface area contributed by atoms with Crippen molar-refractivity contribution in [2.24, 2.45) is 5.73 Å². The average Bonchev–Trinajstić information content (AvgIpc) is 2.70. The molecule has 0 aliphatic rings. The molecule has 0 amide bonds. The molecule has 0 unspecified atom stereocenters. The molecule has 3 N–H and O–H groups in total. The summed E-state index contributed by atoms with van der Waals surface area (Å²) < 4.78 is 5.15. The molecule has 0 atom stereocenters. The summed E-state index contributed by atoms with van der Waals surface area (Å²) in [7, 11) is 1.66. The number of hydrogen-bond acceptors (Lipinski definition) is 2. The molecular weight excluding hydrogens is 188 g/mol. The van der Waals surface area contributed by atoms with Gasteiger partial charge in [0.15, 0.2) is 0 Å². The van der Waals surface area contributed by atoms with Gasteiger partial charge in [0, 0.05) is 29.2 Å². The SMILES string of the molecule is C=C(CN)c1cc2ccc(OC)cc2[nH]1.